The number of thiophene rings is 1. The molecule has 0 amide bonds. The van der Waals surface area contributed by atoms with Crippen molar-refractivity contribution in [3.63, 3.8) is 0 Å². The van der Waals surface area contributed by atoms with Gasteiger partial charge < -0.3 is 19.9 Å². The Morgan fingerprint density at radius 2 is 1.83 bits per heavy atom. The molecule has 1 aliphatic rings. The van der Waals surface area contributed by atoms with Crippen LogP contribution in [0.1, 0.15) is 23.3 Å². The van der Waals surface area contributed by atoms with Gasteiger partial charge in [0.25, 0.3) is 0 Å². The summed E-state index contributed by atoms with van der Waals surface area (Å²) in [7, 11) is -2.32. The standard InChI is InChI=1S/C26H28F3N2O2PS/c1-34(2,32)20-10-8-18(9-11-20)30-14-4-7-24-22(17-26(27,28)29)21-5-3-6-23(25(21)35-24)31-19-12-15-33-16-13-19/h3,5-6,8-11,19,30-31H,12-17H2,1-2H3. The Balaban J connectivity index is 1.56. The number of ether oxygens (including phenoxy) is 1. The number of alkyl halides is 3. The average Bonchev–Trinajstić information content (AvgIpc) is 3.14. The first-order valence-corrected chi connectivity index (χ1v) is 14.9. The minimum absolute atomic E-state index is 0.228. The van der Waals surface area contributed by atoms with Crippen molar-refractivity contribution in [2.75, 3.05) is 43.7 Å². The van der Waals surface area contributed by atoms with Gasteiger partial charge in [-0.15, -0.1) is 11.3 Å². The molecule has 35 heavy (non-hydrogen) atoms. The molecule has 186 valence electrons. The molecule has 0 radical (unpaired) electrons. The van der Waals surface area contributed by atoms with Gasteiger partial charge in [-0.2, -0.15) is 13.2 Å². The predicted molar refractivity (Wildman–Crippen MR) is 140 cm³/mol. The summed E-state index contributed by atoms with van der Waals surface area (Å²) in [6.45, 7) is 5.08. The topological polar surface area (TPSA) is 50.4 Å². The van der Waals surface area contributed by atoms with Gasteiger partial charge in [0.2, 0.25) is 0 Å². The van der Waals surface area contributed by atoms with Crippen LogP contribution in [0.3, 0.4) is 0 Å². The first-order valence-electron chi connectivity index (χ1n) is 11.4. The molecule has 4 rings (SSSR count). The monoisotopic (exact) mass is 520 g/mol. The van der Waals surface area contributed by atoms with Crippen molar-refractivity contribution in [1.82, 2.24) is 0 Å². The van der Waals surface area contributed by atoms with Crippen LogP contribution in [0.2, 0.25) is 0 Å². The van der Waals surface area contributed by atoms with E-state index in [-0.39, 0.29) is 18.2 Å². The third-order valence-electron chi connectivity index (χ3n) is 5.85. The van der Waals surface area contributed by atoms with Crippen LogP contribution in [-0.2, 0) is 15.7 Å². The maximum atomic E-state index is 13.4. The summed E-state index contributed by atoms with van der Waals surface area (Å²) in [5, 5.41) is 8.05. The highest BCUT2D eigenvalue weighted by Gasteiger charge is 2.31. The smallest absolute Gasteiger partial charge is 0.381 e. The van der Waals surface area contributed by atoms with Crippen molar-refractivity contribution < 1.29 is 22.5 Å². The van der Waals surface area contributed by atoms with Crippen molar-refractivity contribution in [3.8, 4) is 11.8 Å². The Morgan fingerprint density at radius 3 is 2.49 bits per heavy atom. The van der Waals surface area contributed by atoms with E-state index < -0.39 is 19.7 Å². The van der Waals surface area contributed by atoms with E-state index in [1.165, 1.54) is 11.3 Å². The lowest BCUT2D eigenvalue weighted by Gasteiger charge is -2.24. The van der Waals surface area contributed by atoms with Gasteiger partial charge in [0, 0.05) is 30.2 Å². The van der Waals surface area contributed by atoms with Crippen molar-refractivity contribution in [3.05, 3.63) is 52.9 Å². The molecule has 0 unspecified atom stereocenters. The van der Waals surface area contributed by atoms with Crippen LogP contribution in [0.15, 0.2) is 42.5 Å². The second-order valence-corrected chi connectivity index (χ2v) is 13.2. The van der Waals surface area contributed by atoms with E-state index >= 15 is 0 Å². The molecule has 2 N–H and O–H groups in total. The normalized spacial score (nSPS) is 15.0. The van der Waals surface area contributed by atoms with E-state index in [0.717, 1.165) is 34.2 Å². The Labute approximate surface area is 207 Å². The van der Waals surface area contributed by atoms with Crippen molar-refractivity contribution in [1.29, 1.82) is 0 Å². The molecule has 0 bridgehead atoms. The van der Waals surface area contributed by atoms with Crippen LogP contribution < -0.4 is 15.9 Å². The highest BCUT2D eigenvalue weighted by atomic mass is 32.1. The number of hydrogen-bond acceptors (Lipinski definition) is 5. The average molecular weight is 521 g/mol. The van der Waals surface area contributed by atoms with E-state index in [2.05, 4.69) is 22.5 Å². The summed E-state index contributed by atoms with van der Waals surface area (Å²) in [5.74, 6) is 5.95. The Kier molecular flexibility index (Phi) is 7.80. The SMILES string of the molecule is CP(C)(=O)c1ccc(NCC#Cc2sc3c(NC4CCOCC4)cccc3c2CC(F)(F)F)cc1. The number of rotatable bonds is 6. The first-order chi connectivity index (χ1) is 16.6. The van der Waals surface area contributed by atoms with Crippen molar-refractivity contribution >= 4 is 45.2 Å². The van der Waals surface area contributed by atoms with Gasteiger partial charge in [-0.3, -0.25) is 0 Å². The van der Waals surface area contributed by atoms with E-state index in [4.69, 9.17) is 4.74 Å². The summed E-state index contributed by atoms with van der Waals surface area (Å²) in [5.41, 5.74) is 1.89. The fourth-order valence-corrected chi connectivity index (χ4v) is 6.07. The van der Waals surface area contributed by atoms with Crippen LogP contribution >= 0.6 is 18.5 Å². The van der Waals surface area contributed by atoms with Gasteiger partial charge in [0.15, 0.2) is 0 Å². The van der Waals surface area contributed by atoms with Crippen LogP contribution in [-0.4, -0.2) is 45.3 Å². The van der Waals surface area contributed by atoms with Gasteiger partial charge >= 0.3 is 6.18 Å². The molecular weight excluding hydrogens is 492 g/mol. The molecule has 1 aromatic heterocycles. The zero-order valence-electron chi connectivity index (χ0n) is 19.7. The summed E-state index contributed by atoms with van der Waals surface area (Å²) >= 11 is 1.30. The predicted octanol–water partition coefficient (Wildman–Crippen LogP) is 6.31. The van der Waals surface area contributed by atoms with Gasteiger partial charge in [-0.05, 0) is 67.5 Å². The summed E-state index contributed by atoms with van der Waals surface area (Å²) in [6, 6.07) is 13.0. The van der Waals surface area contributed by atoms with Crippen molar-refractivity contribution in [2.45, 2.75) is 31.5 Å². The van der Waals surface area contributed by atoms with E-state index in [0.29, 0.717) is 23.5 Å². The second kappa shape index (κ2) is 10.7. The van der Waals surface area contributed by atoms with E-state index in [1.54, 1.807) is 25.5 Å². The third kappa shape index (κ3) is 6.82. The number of fused-ring (bicyclic) bond motifs is 1. The largest absolute Gasteiger partial charge is 0.393 e. The number of halogens is 3. The zero-order valence-corrected chi connectivity index (χ0v) is 21.4. The summed E-state index contributed by atoms with van der Waals surface area (Å²) in [6.07, 6.45) is -3.61. The molecule has 0 saturated carbocycles. The lowest BCUT2D eigenvalue weighted by molar-refractivity contribution is -0.126. The minimum atomic E-state index is -4.33. The maximum Gasteiger partial charge on any atom is 0.393 e. The quantitative estimate of drug-likeness (QED) is 0.296. The molecule has 3 aromatic rings. The second-order valence-electron chi connectivity index (χ2n) is 8.97. The first kappa shape index (κ1) is 25.6. The van der Waals surface area contributed by atoms with Crippen LogP contribution in [0.5, 0.6) is 0 Å². The molecule has 0 spiro atoms. The number of anilines is 2. The van der Waals surface area contributed by atoms with Crippen LogP contribution in [0.4, 0.5) is 24.5 Å². The fourth-order valence-electron chi connectivity index (χ4n) is 4.03. The molecule has 9 heteroatoms. The van der Waals surface area contributed by atoms with Gasteiger partial charge in [-0.25, -0.2) is 0 Å². The molecule has 0 aliphatic carbocycles. The van der Waals surface area contributed by atoms with E-state index in [1.807, 2.05) is 30.3 Å². The molecule has 1 saturated heterocycles. The third-order valence-corrected chi connectivity index (χ3v) is 8.59. The molecule has 2 heterocycles. The highest BCUT2D eigenvalue weighted by molar-refractivity contribution is 7.70. The maximum absolute atomic E-state index is 13.4. The van der Waals surface area contributed by atoms with Crippen molar-refractivity contribution in [2.24, 2.45) is 0 Å². The highest BCUT2D eigenvalue weighted by Crippen LogP contribution is 2.39. The fraction of sp³-hybridized carbons (Fsp3) is 0.385. The summed E-state index contributed by atoms with van der Waals surface area (Å²) in [4.78, 5) is 0.439. The minimum Gasteiger partial charge on any atom is -0.381 e. The Bertz CT molecular complexity index is 1280. The number of hydrogen-bond donors (Lipinski definition) is 2. The summed E-state index contributed by atoms with van der Waals surface area (Å²) < 4.78 is 58.6. The van der Waals surface area contributed by atoms with Gasteiger partial charge in [0.05, 0.1) is 28.2 Å². The molecule has 0 atom stereocenters. The number of benzene rings is 2. The van der Waals surface area contributed by atoms with Gasteiger partial charge in [-0.1, -0.05) is 24.0 Å². The lowest BCUT2D eigenvalue weighted by Crippen LogP contribution is -2.27. The molecule has 1 aliphatic heterocycles. The van der Waals surface area contributed by atoms with Crippen LogP contribution in [0, 0.1) is 11.8 Å². The molecule has 4 nitrogen and oxygen atoms in total. The zero-order chi connectivity index (χ0) is 25.1. The van der Waals surface area contributed by atoms with Crippen LogP contribution in [0.25, 0.3) is 10.1 Å². The van der Waals surface area contributed by atoms with Gasteiger partial charge in [0.1, 0.15) is 7.14 Å². The molecule has 2 aromatic carbocycles. The van der Waals surface area contributed by atoms with E-state index in [9.17, 15) is 17.7 Å². The molecular formula is C26H28F3N2O2PS. The number of nitrogens with one attached hydrogen (secondary N) is 2. The Morgan fingerprint density at radius 1 is 1.11 bits per heavy atom. The lowest BCUT2D eigenvalue weighted by atomic mass is 10.1. The molecule has 1 fully saturated rings. The Hall–Kier alpha value is -2.46.